The summed E-state index contributed by atoms with van der Waals surface area (Å²) in [5, 5.41) is 2.58. The van der Waals surface area contributed by atoms with Gasteiger partial charge in [-0.05, 0) is 24.6 Å². The Morgan fingerprint density at radius 1 is 1.32 bits per heavy atom. The number of sulfonamides is 1. The summed E-state index contributed by atoms with van der Waals surface area (Å²) in [6.07, 6.45) is 5.09. The van der Waals surface area contributed by atoms with Crippen LogP contribution in [0.3, 0.4) is 0 Å². The molecule has 1 fully saturated rings. The molecular formula is C15H19N3O3S. The highest BCUT2D eigenvalue weighted by Gasteiger charge is 2.29. The lowest BCUT2D eigenvalue weighted by atomic mass is 10.2. The Kier molecular flexibility index (Phi) is 5.06. The van der Waals surface area contributed by atoms with E-state index < -0.39 is 10.0 Å². The third kappa shape index (κ3) is 3.59. The third-order valence-electron chi connectivity index (χ3n) is 3.49. The maximum atomic E-state index is 12.6. The molecule has 1 heterocycles. The fraction of sp³-hybridized carbons (Fsp3) is 0.400. The predicted octanol–water partition coefficient (Wildman–Crippen LogP) is 0.644. The molecule has 7 heteroatoms. The molecule has 2 rings (SSSR count). The molecule has 1 aliphatic heterocycles. The Hall–Kier alpha value is -2.04. The first-order valence-corrected chi connectivity index (χ1v) is 8.42. The normalized spacial score (nSPS) is 16.1. The van der Waals surface area contributed by atoms with E-state index in [0.717, 1.165) is 5.56 Å². The van der Waals surface area contributed by atoms with Gasteiger partial charge in [-0.2, -0.15) is 4.31 Å². The van der Waals surface area contributed by atoms with Gasteiger partial charge in [-0.3, -0.25) is 0 Å². The van der Waals surface area contributed by atoms with Crippen LogP contribution in [0.5, 0.6) is 0 Å². The highest BCUT2D eigenvalue weighted by atomic mass is 32.2. The highest BCUT2D eigenvalue weighted by molar-refractivity contribution is 7.89. The zero-order valence-corrected chi connectivity index (χ0v) is 13.3. The number of amides is 2. The van der Waals surface area contributed by atoms with Gasteiger partial charge in [0, 0.05) is 26.2 Å². The lowest BCUT2D eigenvalue weighted by Crippen LogP contribution is -2.53. The van der Waals surface area contributed by atoms with Gasteiger partial charge < -0.3 is 10.2 Å². The molecule has 1 aromatic carbocycles. The Morgan fingerprint density at radius 2 is 2.00 bits per heavy atom. The zero-order valence-electron chi connectivity index (χ0n) is 12.4. The average Bonchev–Trinajstić information content (AvgIpc) is 2.52. The zero-order chi connectivity index (χ0) is 16.2. The van der Waals surface area contributed by atoms with E-state index in [1.165, 1.54) is 4.31 Å². The van der Waals surface area contributed by atoms with Gasteiger partial charge in [-0.15, -0.1) is 6.42 Å². The molecule has 1 aliphatic rings. The molecule has 6 nitrogen and oxygen atoms in total. The summed E-state index contributed by atoms with van der Waals surface area (Å²) in [5.74, 6) is 2.33. The van der Waals surface area contributed by atoms with Gasteiger partial charge in [0.25, 0.3) is 0 Å². The number of piperazine rings is 1. The van der Waals surface area contributed by atoms with Crippen LogP contribution in [0.1, 0.15) is 5.56 Å². The van der Waals surface area contributed by atoms with E-state index in [-0.39, 0.29) is 30.6 Å². The van der Waals surface area contributed by atoms with Crippen molar-refractivity contribution in [1.82, 2.24) is 14.5 Å². The fourth-order valence-corrected chi connectivity index (χ4v) is 3.82. The van der Waals surface area contributed by atoms with Crippen LogP contribution in [-0.4, -0.2) is 56.4 Å². The summed E-state index contributed by atoms with van der Waals surface area (Å²) in [6.45, 7) is 3.27. The minimum atomic E-state index is -3.51. The summed E-state index contributed by atoms with van der Waals surface area (Å²) in [4.78, 5) is 13.6. The van der Waals surface area contributed by atoms with Crippen LogP contribution in [0, 0.1) is 19.3 Å². The second kappa shape index (κ2) is 6.81. The van der Waals surface area contributed by atoms with Gasteiger partial charge in [0.15, 0.2) is 0 Å². The number of aryl methyl sites for hydroxylation is 1. The maximum absolute atomic E-state index is 12.6. The van der Waals surface area contributed by atoms with Gasteiger partial charge in [0.2, 0.25) is 10.0 Å². The smallest absolute Gasteiger partial charge is 0.318 e. The topological polar surface area (TPSA) is 69.7 Å². The van der Waals surface area contributed by atoms with E-state index in [0.29, 0.717) is 13.1 Å². The van der Waals surface area contributed by atoms with Crippen LogP contribution in [0.15, 0.2) is 29.2 Å². The summed E-state index contributed by atoms with van der Waals surface area (Å²) in [6, 6.07) is 6.57. The first kappa shape index (κ1) is 16.3. The van der Waals surface area contributed by atoms with Crippen molar-refractivity contribution in [2.45, 2.75) is 11.8 Å². The molecular weight excluding hydrogens is 302 g/mol. The number of rotatable bonds is 3. The molecule has 0 aliphatic carbocycles. The van der Waals surface area contributed by atoms with Gasteiger partial charge in [-0.1, -0.05) is 18.1 Å². The number of nitrogens with one attached hydrogen (secondary N) is 1. The maximum Gasteiger partial charge on any atom is 0.318 e. The van der Waals surface area contributed by atoms with E-state index in [1.807, 2.05) is 13.0 Å². The largest absolute Gasteiger partial charge is 0.327 e. The second-order valence-electron chi connectivity index (χ2n) is 5.07. The van der Waals surface area contributed by atoms with Crippen molar-refractivity contribution < 1.29 is 13.2 Å². The third-order valence-corrected chi connectivity index (χ3v) is 5.39. The number of terminal acetylenes is 1. The number of benzene rings is 1. The van der Waals surface area contributed by atoms with Crippen molar-refractivity contribution in [3.63, 3.8) is 0 Å². The molecule has 118 valence electrons. The molecule has 0 saturated carbocycles. The van der Waals surface area contributed by atoms with Gasteiger partial charge in [0.05, 0.1) is 11.4 Å². The summed E-state index contributed by atoms with van der Waals surface area (Å²) in [7, 11) is -3.51. The van der Waals surface area contributed by atoms with Crippen LogP contribution in [0.25, 0.3) is 0 Å². The standard InChI is InChI=1S/C15H19N3O3S/c1-3-7-16-15(19)17-8-10-18(11-9-17)22(20,21)14-6-4-5-13(2)12-14/h1,4-6,12H,7-11H2,2H3,(H,16,19). The molecule has 0 unspecified atom stereocenters. The first-order chi connectivity index (χ1) is 10.4. The SMILES string of the molecule is C#CCNC(=O)N1CCN(S(=O)(=O)c2cccc(C)c2)CC1. The van der Waals surface area contributed by atoms with E-state index in [4.69, 9.17) is 6.42 Å². The van der Waals surface area contributed by atoms with Gasteiger partial charge in [-0.25, -0.2) is 13.2 Å². The van der Waals surface area contributed by atoms with E-state index in [9.17, 15) is 13.2 Å². The number of urea groups is 1. The van der Waals surface area contributed by atoms with Crippen LogP contribution in [0.2, 0.25) is 0 Å². The molecule has 1 saturated heterocycles. The number of nitrogens with zero attached hydrogens (tertiary/aromatic N) is 2. The average molecular weight is 321 g/mol. The Balaban J connectivity index is 2.02. The molecule has 22 heavy (non-hydrogen) atoms. The monoisotopic (exact) mass is 321 g/mol. The van der Waals surface area contributed by atoms with Gasteiger partial charge >= 0.3 is 6.03 Å². The molecule has 1 aromatic rings. The van der Waals surface area contributed by atoms with E-state index in [1.54, 1.807) is 23.1 Å². The first-order valence-electron chi connectivity index (χ1n) is 6.98. The van der Waals surface area contributed by atoms with Crippen molar-refractivity contribution in [3.05, 3.63) is 29.8 Å². The lowest BCUT2D eigenvalue weighted by Gasteiger charge is -2.33. The minimum Gasteiger partial charge on any atom is -0.327 e. The van der Waals surface area contributed by atoms with Crippen molar-refractivity contribution in [2.24, 2.45) is 0 Å². The van der Waals surface area contributed by atoms with Crippen molar-refractivity contribution in [1.29, 1.82) is 0 Å². The van der Waals surface area contributed by atoms with Crippen molar-refractivity contribution >= 4 is 16.1 Å². The van der Waals surface area contributed by atoms with Crippen molar-refractivity contribution in [3.8, 4) is 12.3 Å². The molecule has 1 N–H and O–H groups in total. The van der Waals surface area contributed by atoms with Crippen LogP contribution in [0.4, 0.5) is 4.79 Å². The number of carbonyl (C=O) groups excluding carboxylic acids is 1. The molecule has 0 aromatic heterocycles. The van der Waals surface area contributed by atoms with Crippen LogP contribution < -0.4 is 5.32 Å². The molecule has 2 amide bonds. The van der Waals surface area contributed by atoms with E-state index in [2.05, 4.69) is 11.2 Å². The van der Waals surface area contributed by atoms with Crippen LogP contribution >= 0.6 is 0 Å². The number of carbonyl (C=O) groups is 1. The Labute approximate surface area is 131 Å². The molecule has 0 bridgehead atoms. The second-order valence-corrected chi connectivity index (χ2v) is 7.01. The quantitative estimate of drug-likeness (QED) is 0.831. The summed E-state index contributed by atoms with van der Waals surface area (Å²) >= 11 is 0. The number of hydrogen-bond donors (Lipinski definition) is 1. The Bertz CT molecular complexity index is 686. The van der Waals surface area contributed by atoms with Crippen molar-refractivity contribution in [2.75, 3.05) is 32.7 Å². The highest BCUT2D eigenvalue weighted by Crippen LogP contribution is 2.18. The minimum absolute atomic E-state index is 0.167. The fourth-order valence-electron chi connectivity index (χ4n) is 2.29. The molecule has 0 spiro atoms. The van der Waals surface area contributed by atoms with E-state index >= 15 is 0 Å². The van der Waals surface area contributed by atoms with Gasteiger partial charge in [0.1, 0.15) is 0 Å². The molecule has 0 radical (unpaired) electrons. The number of hydrogen-bond acceptors (Lipinski definition) is 3. The Morgan fingerprint density at radius 3 is 2.59 bits per heavy atom. The lowest BCUT2D eigenvalue weighted by molar-refractivity contribution is 0.173. The summed E-state index contributed by atoms with van der Waals surface area (Å²) < 4.78 is 26.5. The molecule has 0 atom stereocenters. The predicted molar refractivity (Wildman–Crippen MR) is 83.7 cm³/mol. The van der Waals surface area contributed by atoms with Crippen LogP contribution in [-0.2, 0) is 10.0 Å². The summed E-state index contributed by atoms with van der Waals surface area (Å²) in [5.41, 5.74) is 0.897.